The molecule has 0 aliphatic rings. The van der Waals surface area contributed by atoms with Gasteiger partial charge in [0.25, 0.3) is 0 Å². The predicted molar refractivity (Wildman–Crippen MR) is 75.5 cm³/mol. The number of para-hydroxylation sites is 1. The zero-order chi connectivity index (χ0) is 13.8. The van der Waals surface area contributed by atoms with Gasteiger partial charge in [0.05, 0.1) is 10.7 Å². The molecule has 7 heteroatoms. The summed E-state index contributed by atoms with van der Waals surface area (Å²) in [6.45, 7) is 0. The standard InChI is InChI=1S/C12H10ClN3O2S/c1-19-12-15-9(11(17)18)6-10(16-12)14-8-5-3-2-4-7(8)13/h2-6H,1H3,(H,17,18)(H,14,15,16). The van der Waals surface area contributed by atoms with Crippen LogP contribution in [0.1, 0.15) is 10.5 Å². The van der Waals surface area contributed by atoms with Crippen molar-refractivity contribution in [1.29, 1.82) is 0 Å². The van der Waals surface area contributed by atoms with Crippen molar-refractivity contribution in [2.45, 2.75) is 5.16 Å². The van der Waals surface area contributed by atoms with E-state index in [0.717, 1.165) is 0 Å². The second-order valence-corrected chi connectivity index (χ2v) is 4.72. The van der Waals surface area contributed by atoms with Crippen LogP contribution in [0.4, 0.5) is 11.5 Å². The molecule has 0 saturated carbocycles. The first kappa shape index (κ1) is 13.6. The number of benzene rings is 1. The van der Waals surface area contributed by atoms with E-state index >= 15 is 0 Å². The maximum absolute atomic E-state index is 11.0. The highest BCUT2D eigenvalue weighted by Gasteiger charge is 2.10. The SMILES string of the molecule is CSc1nc(Nc2ccccc2Cl)cc(C(=O)O)n1. The highest BCUT2D eigenvalue weighted by Crippen LogP contribution is 2.25. The van der Waals surface area contributed by atoms with Crippen LogP contribution in [0.2, 0.25) is 5.02 Å². The molecule has 5 nitrogen and oxygen atoms in total. The number of anilines is 2. The van der Waals surface area contributed by atoms with Crippen molar-refractivity contribution in [1.82, 2.24) is 9.97 Å². The minimum atomic E-state index is -1.10. The van der Waals surface area contributed by atoms with Gasteiger partial charge in [0.1, 0.15) is 5.82 Å². The van der Waals surface area contributed by atoms with Crippen molar-refractivity contribution in [3.63, 3.8) is 0 Å². The third kappa shape index (κ3) is 3.36. The molecule has 19 heavy (non-hydrogen) atoms. The summed E-state index contributed by atoms with van der Waals surface area (Å²) < 4.78 is 0. The first-order chi connectivity index (χ1) is 9.10. The Morgan fingerprint density at radius 3 is 2.74 bits per heavy atom. The van der Waals surface area contributed by atoms with Crippen LogP contribution in [0.5, 0.6) is 0 Å². The van der Waals surface area contributed by atoms with E-state index in [2.05, 4.69) is 15.3 Å². The van der Waals surface area contributed by atoms with Crippen molar-refractivity contribution in [3.05, 3.63) is 41.0 Å². The smallest absolute Gasteiger partial charge is 0.354 e. The fourth-order valence-electron chi connectivity index (χ4n) is 1.39. The van der Waals surface area contributed by atoms with Gasteiger partial charge < -0.3 is 10.4 Å². The molecule has 1 aromatic heterocycles. The highest BCUT2D eigenvalue weighted by molar-refractivity contribution is 7.98. The van der Waals surface area contributed by atoms with Crippen LogP contribution >= 0.6 is 23.4 Å². The first-order valence-corrected chi connectivity index (χ1v) is 6.88. The third-order valence-electron chi connectivity index (χ3n) is 2.24. The van der Waals surface area contributed by atoms with Crippen molar-refractivity contribution >= 4 is 40.8 Å². The molecule has 1 heterocycles. The van der Waals surface area contributed by atoms with Gasteiger partial charge in [-0.25, -0.2) is 14.8 Å². The number of aromatic carboxylic acids is 1. The quantitative estimate of drug-likeness (QED) is 0.666. The maximum atomic E-state index is 11.0. The van der Waals surface area contributed by atoms with Crippen LogP contribution in [0.15, 0.2) is 35.5 Å². The van der Waals surface area contributed by atoms with Crippen LogP contribution in [0, 0.1) is 0 Å². The molecule has 0 spiro atoms. The van der Waals surface area contributed by atoms with Crippen molar-refractivity contribution in [2.24, 2.45) is 0 Å². The molecule has 0 aliphatic heterocycles. The summed E-state index contributed by atoms with van der Waals surface area (Å²) in [6.07, 6.45) is 1.78. The molecule has 2 aromatic rings. The molecule has 0 bridgehead atoms. The summed E-state index contributed by atoms with van der Waals surface area (Å²) in [7, 11) is 0. The molecule has 1 aromatic carbocycles. The topological polar surface area (TPSA) is 75.1 Å². The van der Waals surface area contributed by atoms with Crippen molar-refractivity contribution in [2.75, 3.05) is 11.6 Å². The summed E-state index contributed by atoms with van der Waals surface area (Å²) in [6, 6.07) is 8.51. The van der Waals surface area contributed by atoms with E-state index in [1.807, 2.05) is 12.1 Å². The number of rotatable bonds is 4. The third-order valence-corrected chi connectivity index (χ3v) is 3.12. The van der Waals surface area contributed by atoms with Gasteiger partial charge in [-0.05, 0) is 18.4 Å². The lowest BCUT2D eigenvalue weighted by atomic mass is 10.3. The number of carbonyl (C=O) groups is 1. The summed E-state index contributed by atoms with van der Waals surface area (Å²) in [5.41, 5.74) is 0.597. The highest BCUT2D eigenvalue weighted by atomic mass is 35.5. The fourth-order valence-corrected chi connectivity index (χ4v) is 1.95. The molecule has 0 amide bonds. The molecule has 0 aliphatic carbocycles. The molecule has 0 radical (unpaired) electrons. The van der Waals surface area contributed by atoms with Crippen molar-refractivity contribution in [3.8, 4) is 0 Å². The van der Waals surface area contributed by atoms with Gasteiger partial charge >= 0.3 is 5.97 Å². The normalized spacial score (nSPS) is 10.2. The first-order valence-electron chi connectivity index (χ1n) is 5.28. The van der Waals surface area contributed by atoms with Gasteiger partial charge in [-0.2, -0.15) is 0 Å². The summed E-state index contributed by atoms with van der Waals surface area (Å²) in [5.74, 6) is -0.704. The van der Waals surface area contributed by atoms with E-state index in [-0.39, 0.29) is 5.69 Å². The van der Waals surface area contributed by atoms with E-state index in [1.165, 1.54) is 17.8 Å². The van der Waals surface area contributed by atoms with Crippen molar-refractivity contribution < 1.29 is 9.90 Å². The second kappa shape index (κ2) is 5.90. The Bertz CT molecular complexity index is 622. The predicted octanol–water partition coefficient (Wildman–Crippen LogP) is 3.29. The van der Waals surface area contributed by atoms with Gasteiger partial charge in [-0.15, -0.1) is 0 Å². The minimum Gasteiger partial charge on any atom is -0.477 e. The minimum absolute atomic E-state index is 0.0612. The Morgan fingerprint density at radius 1 is 1.37 bits per heavy atom. The van der Waals surface area contributed by atoms with Gasteiger partial charge in [-0.1, -0.05) is 35.5 Å². The number of carboxylic acids is 1. The second-order valence-electron chi connectivity index (χ2n) is 3.54. The number of halogens is 1. The Labute approximate surface area is 119 Å². The fraction of sp³-hybridized carbons (Fsp3) is 0.0833. The Kier molecular flexibility index (Phi) is 4.24. The lowest BCUT2D eigenvalue weighted by Crippen LogP contribution is -2.05. The van der Waals surface area contributed by atoms with Crippen LogP contribution in [0.25, 0.3) is 0 Å². The lowest BCUT2D eigenvalue weighted by molar-refractivity contribution is 0.0689. The summed E-state index contributed by atoms with van der Waals surface area (Å²) >= 11 is 7.29. The largest absolute Gasteiger partial charge is 0.477 e. The molecule has 0 fully saturated rings. The summed E-state index contributed by atoms with van der Waals surface area (Å²) in [5, 5.41) is 12.9. The maximum Gasteiger partial charge on any atom is 0.354 e. The number of carboxylic acid groups (broad SMARTS) is 1. The molecule has 98 valence electrons. The van der Waals surface area contributed by atoms with E-state index in [0.29, 0.717) is 21.7 Å². The van der Waals surface area contributed by atoms with Gasteiger partial charge in [-0.3, -0.25) is 0 Å². The van der Waals surface area contributed by atoms with Gasteiger partial charge in [0.2, 0.25) is 0 Å². The lowest BCUT2D eigenvalue weighted by Gasteiger charge is -2.08. The monoisotopic (exact) mass is 295 g/mol. The zero-order valence-electron chi connectivity index (χ0n) is 9.92. The molecular formula is C12H10ClN3O2S. The van der Waals surface area contributed by atoms with Crippen LogP contribution < -0.4 is 5.32 Å². The molecule has 0 unspecified atom stereocenters. The van der Waals surface area contributed by atoms with E-state index in [1.54, 1.807) is 18.4 Å². The number of nitrogens with zero attached hydrogens (tertiary/aromatic N) is 2. The van der Waals surface area contributed by atoms with Crippen LogP contribution in [-0.2, 0) is 0 Å². The molecular weight excluding hydrogens is 286 g/mol. The zero-order valence-corrected chi connectivity index (χ0v) is 11.5. The number of nitrogens with one attached hydrogen (secondary N) is 1. The molecule has 0 saturated heterocycles. The van der Waals surface area contributed by atoms with E-state index in [4.69, 9.17) is 16.7 Å². The molecule has 0 atom stereocenters. The Hall–Kier alpha value is -1.79. The molecule has 2 rings (SSSR count). The number of aromatic nitrogens is 2. The van der Waals surface area contributed by atoms with Gasteiger partial charge in [0, 0.05) is 6.07 Å². The van der Waals surface area contributed by atoms with Crippen LogP contribution in [0.3, 0.4) is 0 Å². The van der Waals surface area contributed by atoms with Crippen LogP contribution in [-0.4, -0.2) is 27.3 Å². The Morgan fingerprint density at radius 2 is 2.11 bits per heavy atom. The average Bonchev–Trinajstić information content (AvgIpc) is 2.41. The summed E-state index contributed by atoms with van der Waals surface area (Å²) in [4.78, 5) is 19.1. The Balaban J connectivity index is 2.37. The van der Waals surface area contributed by atoms with E-state index < -0.39 is 5.97 Å². The number of hydrogen-bond acceptors (Lipinski definition) is 5. The molecule has 2 N–H and O–H groups in total. The van der Waals surface area contributed by atoms with Gasteiger partial charge in [0.15, 0.2) is 10.9 Å². The van der Waals surface area contributed by atoms with E-state index in [9.17, 15) is 4.79 Å². The average molecular weight is 296 g/mol. The number of thioether (sulfide) groups is 1. The number of hydrogen-bond donors (Lipinski definition) is 2.